The van der Waals surface area contributed by atoms with E-state index in [0.717, 1.165) is 22.8 Å². The van der Waals surface area contributed by atoms with Gasteiger partial charge in [-0.1, -0.05) is 0 Å². The first kappa shape index (κ1) is 12.5. The molecule has 2 aromatic heterocycles. The fraction of sp³-hybridized carbons (Fsp3) is 0.357. The molecule has 1 N–H and O–H groups in total. The van der Waals surface area contributed by atoms with E-state index in [4.69, 9.17) is 0 Å². The number of nitrogens with one attached hydrogen (secondary N) is 1. The summed E-state index contributed by atoms with van der Waals surface area (Å²) in [5, 5.41) is 3.25. The zero-order valence-electron chi connectivity index (χ0n) is 11.3. The molecule has 0 aliphatic carbocycles. The van der Waals surface area contributed by atoms with Crippen LogP contribution in [0.1, 0.15) is 28.3 Å². The van der Waals surface area contributed by atoms with Crippen molar-refractivity contribution >= 4 is 5.95 Å². The van der Waals surface area contributed by atoms with Crippen LogP contribution >= 0.6 is 0 Å². The van der Waals surface area contributed by atoms with Gasteiger partial charge in [0.25, 0.3) is 0 Å². The lowest BCUT2D eigenvalue weighted by molar-refractivity contribution is 0.990. The highest BCUT2D eigenvalue weighted by Gasteiger charge is 2.01. The minimum absolute atomic E-state index is 0.680. The Balaban J connectivity index is 2.11. The predicted octanol–water partition coefficient (Wildman–Crippen LogP) is 2.72. The second kappa shape index (κ2) is 5.12. The maximum Gasteiger partial charge on any atom is 0.223 e. The van der Waals surface area contributed by atoms with E-state index >= 15 is 0 Å². The molecule has 0 unspecified atom stereocenters. The molecular formula is C14H18N4. The number of nitrogens with zero attached hydrogens (tertiary/aromatic N) is 3. The molecule has 2 heterocycles. The van der Waals surface area contributed by atoms with Crippen LogP contribution < -0.4 is 5.32 Å². The number of hydrogen-bond donors (Lipinski definition) is 1. The van der Waals surface area contributed by atoms with Gasteiger partial charge in [-0.15, -0.1) is 0 Å². The van der Waals surface area contributed by atoms with Crippen molar-refractivity contribution in [3.63, 3.8) is 0 Å². The minimum Gasteiger partial charge on any atom is -0.350 e. The quantitative estimate of drug-likeness (QED) is 0.899. The molecule has 0 aliphatic heterocycles. The van der Waals surface area contributed by atoms with E-state index in [-0.39, 0.29) is 0 Å². The summed E-state index contributed by atoms with van der Waals surface area (Å²) in [6.45, 7) is 8.67. The Morgan fingerprint density at radius 3 is 1.83 bits per heavy atom. The zero-order chi connectivity index (χ0) is 13.1. The van der Waals surface area contributed by atoms with Gasteiger partial charge in [-0.2, -0.15) is 0 Å². The first-order chi connectivity index (χ1) is 8.52. The van der Waals surface area contributed by atoms with Crippen molar-refractivity contribution in [2.45, 2.75) is 34.2 Å². The fourth-order valence-corrected chi connectivity index (χ4v) is 2.01. The van der Waals surface area contributed by atoms with Gasteiger partial charge < -0.3 is 5.32 Å². The molecule has 4 heteroatoms. The molecule has 0 fully saturated rings. The molecule has 0 saturated heterocycles. The standard InChI is InChI=1S/C14H18N4/c1-9-5-10(2)18-14(17-9)15-8-13-6-11(3)16-12(4)7-13/h5-7H,8H2,1-4H3,(H,15,17,18). The van der Waals surface area contributed by atoms with E-state index in [0.29, 0.717) is 12.5 Å². The van der Waals surface area contributed by atoms with Crippen LogP contribution in [0.4, 0.5) is 5.95 Å². The average molecular weight is 242 g/mol. The summed E-state index contributed by atoms with van der Waals surface area (Å²) in [7, 11) is 0. The van der Waals surface area contributed by atoms with E-state index in [1.807, 2.05) is 33.8 Å². The summed E-state index contributed by atoms with van der Waals surface area (Å²) in [6.07, 6.45) is 0. The lowest BCUT2D eigenvalue weighted by Crippen LogP contribution is -2.06. The van der Waals surface area contributed by atoms with E-state index in [9.17, 15) is 0 Å². The van der Waals surface area contributed by atoms with Gasteiger partial charge in [0.2, 0.25) is 5.95 Å². The Hall–Kier alpha value is -1.97. The Bertz CT molecular complexity index is 472. The van der Waals surface area contributed by atoms with Crippen LogP contribution in [-0.4, -0.2) is 15.0 Å². The van der Waals surface area contributed by atoms with Crippen LogP contribution in [-0.2, 0) is 6.54 Å². The number of hydrogen-bond acceptors (Lipinski definition) is 4. The van der Waals surface area contributed by atoms with E-state index < -0.39 is 0 Å². The molecule has 0 aliphatic rings. The summed E-state index contributed by atoms with van der Waals surface area (Å²) in [5.74, 6) is 0.680. The van der Waals surface area contributed by atoms with Crippen molar-refractivity contribution in [2.24, 2.45) is 0 Å². The van der Waals surface area contributed by atoms with Crippen molar-refractivity contribution in [1.82, 2.24) is 15.0 Å². The summed E-state index contributed by atoms with van der Waals surface area (Å²) >= 11 is 0. The largest absolute Gasteiger partial charge is 0.350 e. The van der Waals surface area contributed by atoms with Crippen molar-refractivity contribution in [2.75, 3.05) is 5.32 Å². The Kier molecular flexibility index (Phi) is 3.55. The molecule has 0 atom stereocenters. The molecule has 0 spiro atoms. The van der Waals surface area contributed by atoms with Gasteiger partial charge in [0.05, 0.1) is 0 Å². The highest BCUT2D eigenvalue weighted by atomic mass is 15.1. The van der Waals surface area contributed by atoms with Crippen molar-refractivity contribution in [3.8, 4) is 0 Å². The first-order valence-electron chi connectivity index (χ1n) is 6.03. The second-order valence-electron chi connectivity index (χ2n) is 4.59. The third-order valence-corrected chi connectivity index (χ3v) is 2.57. The summed E-state index contributed by atoms with van der Waals surface area (Å²) in [6, 6.07) is 6.11. The summed E-state index contributed by atoms with van der Waals surface area (Å²) in [5.41, 5.74) is 5.23. The molecule has 0 bridgehead atoms. The van der Waals surface area contributed by atoms with Crippen LogP contribution in [0.3, 0.4) is 0 Å². The molecule has 18 heavy (non-hydrogen) atoms. The predicted molar refractivity (Wildman–Crippen MR) is 72.5 cm³/mol. The average Bonchev–Trinajstić information content (AvgIpc) is 2.23. The molecular weight excluding hydrogens is 224 g/mol. The maximum atomic E-state index is 4.36. The molecule has 4 nitrogen and oxygen atoms in total. The Morgan fingerprint density at radius 1 is 0.778 bits per heavy atom. The van der Waals surface area contributed by atoms with Gasteiger partial charge in [-0.3, -0.25) is 4.98 Å². The second-order valence-corrected chi connectivity index (χ2v) is 4.59. The van der Waals surface area contributed by atoms with Gasteiger partial charge in [0.1, 0.15) is 0 Å². The van der Waals surface area contributed by atoms with Crippen molar-refractivity contribution in [3.05, 3.63) is 46.5 Å². The van der Waals surface area contributed by atoms with Gasteiger partial charge >= 0.3 is 0 Å². The molecule has 2 rings (SSSR count). The van der Waals surface area contributed by atoms with Crippen LogP contribution in [0.15, 0.2) is 18.2 Å². The fourth-order valence-electron chi connectivity index (χ4n) is 2.01. The lowest BCUT2D eigenvalue weighted by atomic mass is 10.2. The van der Waals surface area contributed by atoms with E-state index in [1.165, 1.54) is 5.56 Å². The van der Waals surface area contributed by atoms with Crippen LogP contribution in [0.25, 0.3) is 0 Å². The van der Waals surface area contributed by atoms with E-state index in [1.54, 1.807) is 0 Å². The number of aromatic nitrogens is 3. The third-order valence-electron chi connectivity index (χ3n) is 2.57. The lowest BCUT2D eigenvalue weighted by Gasteiger charge is -2.08. The third kappa shape index (κ3) is 3.26. The van der Waals surface area contributed by atoms with Gasteiger partial charge in [0, 0.05) is 29.3 Å². The Morgan fingerprint density at radius 2 is 1.28 bits per heavy atom. The number of rotatable bonds is 3. The monoisotopic (exact) mass is 242 g/mol. The summed E-state index contributed by atoms with van der Waals surface area (Å²) in [4.78, 5) is 13.1. The SMILES string of the molecule is Cc1cc(CNc2nc(C)cc(C)n2)cc(C)n1. The number of aryl methyl sites for hydroxylation is 4. The van der Waals surface area contributed by atoms with Gasteiger partial charge in [-0.25, -0.2) is 9.97 Å². The topological polar surface area (TPSA) is 50.7 Å². The smallest absolute Gasteiger partial charge is 0.223 e. The molecule has 2 aromatic rings. The molecule has 0 amide bonds. The maximum absolute atomic E-state index is 4.36. The number of pyridine rings is 1. The van der Waals surface area contributed by atoms with Crippen LogP contribution in [0.5, 0.6) is 0 Å². The van der Waals surface area contributed by atoms with E-state index in [2.05, 4.69) is 32.4 Å². The molecule has 94 valence electrons. The minimum atomic E-state index is 0.680. The molecule has 0 saturated carbocycles. The highest BCUT2D eigenvalue weighted by molar-refractivity contribution is 5.30. The number of anilines is 1. The van der Waals surface area contributed by atoms with Crippen molar-refractivity contribution < 1.29 is 0 Å². The van der Waals surface area contributed by atoms with Crippen LogP contribution in [0.2, 0.25) is 0 Å². The van der Waals surface area contributed by atoms with Crippen LogP contribution in [0, 0.1) is 27.7 Å². The zero-order valence-corrected chi connectivity index (χ0v) is 11.3. The molecule has 0 radical (unpaired) electrons. The van der Waals surface area contributed by atoms with Gasteiger partial charge in [0.15, 0.2) is 0 Å². The van der Waals surface area contributed by atoms with Crippen molar-refractivity contribution in [1.29, 1.82) is 0 Å². The summed E-state index contributed by atoms with van der Waals surface area (Å²) < 4.78 is 0. The first-order valence-corrected chi connectivity index (χ1v) is 6.03. The highest BCUT2D eigenvalue weighted by Crippen LogP contribution is 2.08. The normalized spacial score (nSPS) is 10.4. The molecule has 0 aromatic carbocycles. The van der Waals surface area contributed by atoms with Gasteiger partial charge in [-0.05, 0) is 51.5 Å². The Labute approximate surface area is 108 Å².